The third kappa shape index (κ3) is 479. The molecule has 19 heteroatoms. The van der Waals surface area contributed by atoms with Gasteiger partial charge in [-0.25, -0.2) is 0 Å². The van der Waals surface area contributed by atoms with Gasteiger partial charge in [-0.15, -0.1) is 0 Å². The van der Waals surface area contributed by atoms with Gasteiger partial charge in [-0.1, -0.05) is 0 Å². The summed E-state index contributed by atoms with van der Waals surface area (Å²) in [6.07, 6.45) is 0. The molecule has 0 aromatic rings. The van der Waals surface area contributed by atoms with Gasteiger partial charge in [-0.05, 0) is 0 Å². The van der Waals surface area contributed by atoms with Crippen LogP contribution in [0.4, 0.5) is 0 Å². The first kappa shape index (κ1) is 43.7. The van der Waals surface area contributed by atoms with Gasteiger partial charge in [0.1, 0.15) is 0 Å². The third-order valence-corrected chi connectivity index (χ3v) is 0. The molecular formula is K2Mg2O12S3. The SMILES string of the molecule is O=S(=O)([O-])[O-].O=S(=O)([O-])[O-].O=S(=O)([O-])[O-].[K+].[K+].[Mg+2].[Mg+2]. The fourth-order valence-electron chi connectivity index (χ4n) is 0. The molecule has 0 saturated heterocycles. The maximum atomic E-state index is 8.52. The Morgan fingerprint density at radius 2 is 0.421 bits per heavy atom. The maximum absolute atomic E-state index is 8.52. The Hall–Kier alpha value is 4.42. The molecule has 0 aromatic heterocycles. The van der Waals surface area contributed by atoms with E-state index in [4.69, 9.17) is 52.6 Å². The van der Waals surface area contributed by atoms with E-state index >= 15 is 0 Å². The van der Waals surface area contributed by atoms with Crippen LogP contribution in [0, 0.1) is 0 Å². The van der Waals surface area contributed by atoms with E-state index in [0.717, 1.165) is 0 Å². The summed E-state index contributed by atoms with van der Waals surface area (Å²) < 4.78 is 102. The first-order valence-electron chi connectivity index (χ1n) is 2.00. The average molecular weight is 415 g/mol. The molecule has 0 fully saturated rings. The van der Waals surface area contributed by atoms with E-state index in [0.29, 0.717) is 0 Å². The summed E-state index contributed by atoms with van der Waals surface area (Å²) in [6.45, 7) is 0. The standard InChI is InChI=1S/2K.2Mg.3H2O4S/c;;;;3*1-5(2,3)4/h;;;;3*(H2,1,2,3,4)/q2*+1;2*+2;;;/p-6. The zero-order chi connectivity index (χ0) is 13.5. The van der Waals surface area contributed by atoms with Gasteiger partial charge in [-0.3, -0.25) is 25.3 Å². The second-order valence-corrected chi connectivity index (χ2v) is 3.67. The molecule has 19 heavy (non-hydrogen) atoms. The summed E-state index contributed by atoms with van der Waals surface area (Å²) in [4.78, 5) is 0. The van der Waals surface area contributed by atoms with Crippen molar-refractivity contribution >= 4 is 77.3 Å². The van der Waals surface area contributed by atoms with Crippen LogP contribution in [0.3, 0.4) is 0 Å². The normalized spacial score (nSPS) is 9.16. The van der Waals surface area contributed by atoms with Crippen molar-refractivity contribution in [2.75, 3.05) is 0 Å². The molecule has 0 amide bonds. The molecule has 0 atom stereocenters. The second-order valence-electron chi connectivity index (χ2n) is 1.22. The topological polar surface area (TPSA) is 241 Å². The molecule has 0 unspecified atom stereocenters. The summed E-state index contributed by atoms with van der Waals surface area (Å²) in [5, 5.41) is 0. The minimum atomic E-state index is -5.17. The van der Waals surface area contributed by atoms with Crippen LogP contribution in [0.5, 0.6) is 0 Å². The third-order valence-electron chi connectivity index (χ3n) is 0. The number of hydrogen-bond donors (Lipinski definition) is 0. The van der Waals surface area contributed by atoms with Crippen molar-refractivity contribution in [3.8, 4) is 0 Å². The molecule has 0 saturated carbocycles. The Labute approximate surface area is 227 Å². The van der Waals surface area contributed by atoms with E-state index in [-0.39, 0.29) is 149 Å². The van der Waals surface area contributed by atoms with Crippen molar-refractivity contribution in [1.29, 1.82) is 0 Å². The Balaban J connectivity index is -0.0000000206. The van der Waals surface area contributed by atoms with Gasteiger partial charge in [0, 0.05) is 31.2 Å². The summed E-state index contributed by atoms with van der Waals surface area (Å²) in [5.41, 5.74) is 0. The van der Waals surface area contributed by atoms with E-state index in [1.807, 2.05) is 0 Å². The van der Waals surface area contributed by atoms with Crippen LogP contribution in [0.2, 0.25) is 0 Å². The molecule has 0 aliphatic heterocycles. The molecule has 0 N–H and O–H groups in total. The van der Waals surface area contributed by atoms with Crippen molar-refractivity contribution in [1.82, 2.24) is 0 Å². The van der Waals surface area contributed by atoms with Crippen LogP contribution < -0.4 is 103 Å². The van der Waals surface area contributed by atoms with Crippen molar-refractivity contribution in [2.24, 2.45) is 0 Å². The van der Waals surface area contributed by atoms with Gasteiger partial charge in [0.25, 0.3) is 0 Å². The zero-order valence-corrected chi connectivity index (χ0v) is 21.1. The van der Waals surface area contributed by atoms with Gasteiger partial charge in [0.2, 0.25) is 0 Å². The van der Waals surface area contributed by atoms with E-state index in [9.17, 15) is 0 Å². The van der Waals surface area contributed by atoms with E-state index in [1.165, 1.54) is 0 Å². The monoisotopic (exact) mass is 414 g/mol. The van der Waals surface area contributed by atoms with Gasteiger partial charge >= 0.3 is 149 Å². The molecule has 0 spiro atoms. The van der Waals surface area contributed by atoms with Crippen LogP contribution in [0.25, 0.3) is 0 Å². The summed E-state index contributed by atoms with van der Waals surface area (Å²) >= 11 is 0. The Morgan fingerprint density at radius 3 is 0.421 bits per heavy atom. The molecular weight excluding hydrogens is 415 g/mol. The molecule has 0 heterocycles. The maximum Gasteiger partial charge on any atom is 2.00 e. The smallest absolute Gasteiger partial charge is 0.759 e. The van der Waals surface area contributed by atoms with Crippen molar-refractivity contribution in [3.05, 3.63) is 0 Å². The molecule has 0 aliphatic rings. The van der Waals surface area contributed by atoms with Crippen LogP contribution in [0.15, 0.2) is 0 Å². The first-order valence-corrected chi connectivity index (χ1v) is 6.00. The number of hydrogen-bond acceptors (Lipinski definition) is 12. The summed E-state index contributed by atoms with van der Waals surface area (Å²) in [7, 11) is -15.5. The Kier molecular flexibility index (Phi) is 47.0. The zero-order valence-electron chi connectivity index (χ0n) is 9.54. The van der Waals surface area contributed by atoms with Crippen LogP contribution in [0.1, 0.15) is 0 Å². The largest absolute Gasteiger partial charge is 2.00 e. The Bertz CT molecular complexity index is 350. The predicted octanol–water partition coefficient (Wildman–Crippen LogP) is -10.8. The van der Waals surface area contributed by atoms with Crippen LogP contribution in [-0.4, -0.2) is 98.7 Å². The van der Waals surface area contributed by atoms with Gasteiger partial charge in [0.15, 0.2) is 0 Å². The van der Waals surface area contributed by atoms with Crippen LogP contribution in [-0.2, 0) is 31.2 Å². The van der Waals surface area contributed by atoms with E-state index < -0.39 is 31.2 Å². The average Bonchev–Trinajstić information content (AvgIpc) is 1.41. The Morgan fingerprint density at radius 1 is 0.421 bits per heavy atom. The first-order chi connectivity index (χ1) is 6.00. The van der Waals surface area contributed by atoms with E-state index in [2.05, 4.69) is 0 Å². The van der Waals surface area contributed by atoms with Crippen molar-refractivity contribution in [3.63, 3.8) is 0 Å². The molecule has 0 radical (unpaired) electrons. The van der Waals surface area contributed by atoms with E-state index in [1.54, 1.807) is 0 Å². The minimum absolute atomic E-state index is 0. The quantitative estimate of drug-likeness (QED) is 0.203. The molecule has 0 rings (SSSR count). The fraction of sp³-hybridized carbons (Fsp3) is 0. The van der Waals surface area contributed by atoms with Crippen LogP contribution >= 0.6 is 0 Å². The second kappa shape index (κ2) is 20.5. The molecule has 96 valence electrons. The molecule has 0 bridgehead atoms. The predicted molar refractivity (Wildman–Crippen MR) is 42.9 cm³/mol. The minimum Gasteiger partial charge on any atom is -0.759 e. The fourth-order valence-corrected chi connectivity index (χ4v) is 0. The summed E-state index contributed by atoms with van der Waals surface area (Å²) in [6, 6.07) is 0. The van der Waals surface area contributed by atoms with Crippen molar-refractivity contribution in [2.45, 2.75) is 0 Å². The summed E-state index contributed by atoms with van der Waals surface area (Å²) in [5.74, 6) is 0. The van der Waals surface area contributed by atoms with Crippen molar-refractivity contribution < 1.29 is 155 Å². The molecule has 12 nitrogen and oxygen atoms in total. The molecule has 0 aliphatic carbocycles. The van der Waals surface area contributed by atoms with Gasteiger partial charge in [0.05, 0.1) is 0 Å². The number of rotatable bonds is 0. The van der Waals surface area contributed by atoms with Gasteiger partial charge < -0.3 is 27.3 Å². The van der Waals surface area contributed by atoms with Gasteiger partial charge in [-0.2, -0.15) is 0 Å². The molecule has 0 aromatic carbocycles.